The van der Waals surface area contributed by atoms with Crippen molar-refractivity contribution in [3.63, 3.8) is 0 Å². The number of hydrogen-bond acceptors (Lipinski definition) is 5. The van der Waals surface area contributed by atoms with Gasteiger partial charge in [0.25, 0.3) is 0 Å². The second-order valence-electron chi connectivity index (χ2n) is 17.0. The van der Waals surface area contributed by atoms with E-state index in [1.807, 2.05) is 81.9 Å². The third-order valence-electron chi connectivity index (χ3n) is 12.6. The van der Waals surface area contributed by atoms with Crippen molar-refractivity contribution < 1.29 is 28.9 Å². The summed E-state index contributed by atoms with van der Waals surface area (Å²) in [6.45, 7) is 0. The summed E-state index contributed by atoms with van der Waals surface area (Å²) in [6, 6.07) is 70.5. The van der Waals surface area contributed by atoms with Gasteiger partial charge in [0.1, 0.15) is 11.6 Å². The Morgan fingerprint density at radius 1 is 0.342 bits per heavy atom. The summed E-state index contributed by atoms with van der Waals surface area (Å²) >= 11 is 0. The van der Waals surface area contributed by atoms with Gasteiger partial charge in [0.05, 0.1) is 0 Å². The van der Waals surface area contributed by atoms with E-state index in [2.05, 4.69) is 99.9 Å². The molecule has 5 heterocycles. The van der Waals surface area contributed by atoms with Gasteiger partial charge in [-0.25, -0.2) is 9.97 Å². The molecule has 0 fully saturated rings. The van der Waals surface area contributed by atoms with Gasteiger partial charge in [-0.05, 0) is 92.7 Å². The third kappa shape index (κ3) is 9.25. The smallest absolute Gasteiger partial charge is 0.341 e. The Morgan fingerprint density at radius 3 is 1.36 bits per heavy atom. The molecule has 348 valence electrons. The van der Waals surface area contributed by atoms with Crippen molar-refractivity contribution in [1.29, 1.82) is 0 Å². The van der Waals surface area contributed by atoms with E-state index in [0.29, 0.717) is 34.4 Å². The van der Waals surface area contributed by atoms with Gasteiger partial charge in [0.2, 0.25) is 0 Å². The number of nitrogens with zero attached hydrogens (tertiary/aromatic N) is 7. The van der Waals surface area contributed by atoms with Crippen LogP contribution in [-0.2, 0) is 20.1 Å². The molecule has 0 radical (unpaired) electrons. The van der Waals surface area contributed by atoms with E-state index < -0.39 is 11.6 Å². The first-order chi connectivity index (χ1) is 35.5. The molecule has 0 saturated heterocycles. The fourth-order valence-corrected chi connectivity index (χ4v) is 9.17. The van der Waals surface area contributed by atoms with Crippen LogP contribution < -0.4 is 0 Å². The summed E-state index contributed by atoms with van der Waals surface area (Å²) < 4.78 is 35.6. The zero-order valence-corrected chi connectivity index (χ0v) is 41.1. The number of halogens is 2. The van der Waals surface area contributed by atoms with Crippen LogP contribution >= 0.6 is 0 Å². The van der Waals surface area contributed by atoms with E-state index >= 15 is 8.78 Å². The topological polar surface area (TPSA) is 74.3 Å². The van der Waals surface area contributed by atoms with Gasteiger partial charge in [-0.1, -0.05) is 155 Å². The molecule has 0 spiro atoms. The van der Waals surface area contributed by atoms with E-state index in [0.717, 1.165) is 66.9 Å². The van der Waals surface area contributed by atoms with Crippen LogP contribution in [0.25, 0.3) is 112 Å². The second kappa shape index (κ2) is 20.3. The number of benzene rings is 7. The average Bonchev–Trinajstić information content (AvgIpc) is 4.16. The summed E-state index contributed by atoms with van der Waals surface area (Å²) in [6.07, 6.45) is 12.0. The second-order valence-corrected chi connectivity index (χ2v) is 17.0. The van der Waals surface area contributed by atoms with Crippen LogP contribution in [0.3, 0.4) is 0 Å². The van der Waals surface area contributed by atoms with E-state index in [1.165, 1.54) is 12.1 Å². The van der Waals surface area contributed by atoms with Crippen molar-refractivity contribution in [3.05, 3.63) is 261 Å². The van der Waals surface area contributed by atoms with E-state index in [1.54, 1.807) is 79.8 Å². The third-order valence-corrected chi connectivity index (χ3v) is 12.6. The molecule has 0 aliphatic rings. The maximum Gasteiger partial charge on any atom is 3.00 e. The Bertz CT molecular complexity index is 3740. The Kier molecular flexibility index (Phi) is 12.9. The molecule has 0 saturated carbocycles. The summed E-state index contributed by atoms with van der Waals surface area (Å²) in [4.78, 5) is 23.1. The molecule has 0 bridgehead atoms. The molecule has 12 aromatic rings. The van der Waals surface area contributed by atoms with Gasteiger partial charge in [-0.15, -0.1) is 48.0 Å². The Labute approximate surface area is 434 Å². The van der Waals surface area contributed by atoms with Gasteiger partial charge >= 0.3 is 20.1 Å². The first-order valence-corrected chi connectivity index (χ1v) is 23.2. The van der Waals surface area contributed by atoms with Crippen molar-refractivity contribution in [2.24, 2.45) is 0 Å². The molecule has 0 N–H and O–H groups in total. The van der Waals surface area contributed by atoms with Gasteiger partial charge in [0, 0.05) is 66.1 Å². The predicted octanol–water partition coefficient (Wildman–Crippen LogP) is 14.9. The normalized spacial score (nSPS) is 11.0. The van der Waals surface area contributed by atoms with Crippen molar-refractivity contribution >= 4 is 0 Å². The first-order valence-electron chi connectivity index (χ1n) is 23.2. The van der Waals surface area contributed by atoms with Crippen molar-refractivity contribution in [2.75, 3.05) is 0 Å². The molecular formula is C63H38F2IrN7. The maximum atomic E-state index is 16.0. The number of imidazole rings is 2. The fourth-order valence-electron chi connectivity index (χ4n) is 9.17. The average molecular weight is 1120 g/mol. The van der Waals surface area contributed by atoms with E-state index in [9.17, 15) is 0 Å². The zero-order chi connectivity index (χ0) is 48.4. The number of hydrogen-bond donors (Lipinski definition) is 0. The standard InChI is InChI=1S/C63H38F2N7.Ir/c64-57-40-49(24-27-54(57)60-17-7-10-30-67-60)71-34-32-69-62(71)47-36-46(37-48(38-47)63-70-33-35-72(63)50-25-28-55(58(65)41-50)61-18-8-11-31-68-61)51-14-4-5-15-52(51)53-26-23-45(59-16-6-9-29-66-59)39-56(53)44-21-19-43(20-22-44)42-12-2-1-3-13-42;/h1-22,24-26,29-41H;/q-3;+3. The molecule has 0 aliphatic carbocycles. The van der Waals surface area contributed by atoms with Crippen molar-refractivity contribution in [2.45, 2.75) is 0 Å². The summed E-state index contributed by atoms with van der Waals surface area (Å²) in [5.41, 5.74) is 13.7. The SMILES string of the molecule is Fc1cc(-n2ccnc2-c2cc(-c3ccccc3-c3c[c-]c(-c4ccccn4)cc3-c3ccc(-c4ccccc4)cc3)cc(-c3nccn3-c3c[c-]c(-c4ccccn4)c(F)c3)c2)c[c-]c1-c1ccccn1.[Ir+3]. The fraction of sp³-hybridized carbons (Fsp3) is 0. The van der Waals surface area contributed by atoms with Crippen LogP contribution in [-0.4, -0.2) is 34.1 Å². The molecule has 12 rings (SSSR count). The molecule has 7 nitrogen and oxygen atoms in total. The molecule has 7 aromatic carbocycles. The molecule has 73 heavy (non-hydrogen) atoms. The summed E-state index contributed by atoms with van der Waals surface area (Å²) in [7, 11) is 0. The first kappa shape index (κ1) is 46.3. The number of rotatable bonds is 11. The Morgan fingerprint density at radius 2 is 0.822 bits per heavy atom. The minimum absolute atomic E-state index is 0. The molecular weight excluding hydrogens is 1080 g/mol. The minimum Gasteiger partial charge on any atom is -0.341 e. The maximum absolute atomic E-state index is 16.0. The Balaban J connectivity index is 0.00000574. The molecule has 10 heteroatoms. The number of pyridine rings is 3. The molecule has 0 unspecified atom stereocenters. The van der Waals surface area contributed by atoms with E-state index in [-0.39, 0.29) is 31.2 Å². The molecule has 5 aromatic heterocycles. The van der Waals surface area contributed by atoms with Gasteiger partial charge < -0.3 is 24.1 Å². The van der Waals surface area contributed by atoms with Crippen LogP contribution in [0, 0.1) is 29.8 Å². The van der Waals surface area contributed by atoms with E-state index in [4.69, 9.17) is 9.97 Å². The van der Waals surface area contributed by atoms with Crippen LogP contribution in [0.1, 0.15) is 0 Å². The van der Waals surface area contributed by atoms with Crippen molar-refractivity contribution in [3.8, 4) is 112 Å². The van der Waals surface area contributed by atoms with Crippen LogP contribution in [0.15, 0.2) is 231 Å². The largest absolute Gasteiger partial charge is 3.00 e. The minimum atomic E-state index is -0.467. The number of aromatic nitrogens is 7. The Hall–Kier alpha value is -9.08. The summed E-state index contributed by atoms with van der Waals surface area (Å²) in [5, 5.41) is 0. The van der Waals surface area contributed by atoms with Crippen LogP contribution in [0.5, 0.6) is 0 Å². The van der Waals surface area contributed by atoms with Crippen LogP contribution in [0.2, 0.25) is 0 Å². The summed E-state index contributed by atoms with van der Waals surface area (Å²) in [5.74, 6) is 0.174. The molecule has 0 amide bonds. The van der Waals surface area contributed by atoms with Gasteiger partial charge in [-0.3, -0.25) is 8.78 Å². The molecule has 0 aliphatic heterocycles. The van der Waals surface area contributed by atoms with Crippen LogP contribution in [0.4, 0.5) is 8.78 Å². The van der Waals surface area contributed by atoms with Gasteiger partial charge in [-0.2, -0.15) is 0 Å². The monoisotopic (exact) mass is 1120 g/mol. The quantitative estimate of drug-likeness (QED) is 0.121. The predicted molar refractivity (Wildman–Crippen MR) is 279 cm³/mol. The zero-order valence-electron chi connectivity index (χ0n) is 38.7. The molecule has 0 atom stereocenters. The van der Waals surface area contributed by atoms with Crippen molar-refractivity contribution in [1.82, 2.24) is 34.1 Å². The van der Waals surface area contributed by atoms with Gasteiger partial charge in [0.15, 0.2) is 0 Å².